The van der Waals surface area contributed by atoms with Gasteiger partial charge in [0.1, 0.15) is 12.4 Å². The molecular formula is C31H37N3O4. The van der Waals surface area contributed by atoms with Gasteiger partial charge in [0.25, 0.3) is 0 Å². The van der Waals surface area contributed by atoms with Crippen molar-refractivity contribution in [2.45, 2.75) is 33.1 Å². The molecule has 2 amide bonds. The lowest BCUT2D eigenvalue weighted by molar-refractivity contribution is -0.133. The monoisotopic (exact) mass is 515 g/mol. The Morgan fingerprint density at radius 2 is 1.47 bits per heavy atom. The summed E-state index contributed by atoms with van der Waals surface area (Å²) in [6, 6.07) is 22.4. The highest BCUT2D eigenvalue weighted by atomic mass is 16.5. The third-order valence-corrected chi connectivity index (χ3v) is 7.45. The second-order valence-electron chi connectivity index (χ2n) is 9.90. The molecule has 0 bridgehead atoms. The van der Waals surface area contributed by atoms with Crippen LogP contribution in [0.25, 0.3) is 0 Å². The fraction of sp³-hybridized carbons (Fsp3) is 0.355. The zero-order valence-corrected chi connectivity index (χ0v) is 22.4. The number of piperazine rings is 1. The molecule has 1 aliphatic heterocycles. The van der Waals surface area contributed by atoms with E-state index in [0.29, 0.717) is 31.8 Å². The van der Waals surface area contributed by atoms with E-state index in [1.807, 2.05) is 68.1 Å². The Hall–Kier alpha value is -3.84. The second kappa shape index (κ2) is 12.6. The molecule has 38 heavy (non-hydrogen) atoms. The number of anilines is 1. The van der Waals surface area contributed by atoms with E-state index in [0.717, 1.165) is 53.2 Å². The van der Waals surface area contributed by atoms with Gasteiger partial charge in [0.15, 0.2) is 0 Å². The van der Waals surface area contributed by atoms with Gasteiger partial charge in [-0.1, -0.05) is 60.7 Å². The number of hydrogen-bond acceptors (Lipinski definition) is 4. The standard InChI is InChI=1S/C31H37N3O4/c1-22-20-28(23(2)24(3)30(22)32-31(36)37)38-19-18-33-14-16-34(17-15-33)29(35)21-27(25-10-6-4-7-11-25)26-12-8-5-9-13-26/h4-13,20,27,32H,14-19,21H2,1-3H3,(H,36,37). The first-order valence-corrected chi connectivity index (χ1v) is 13.2. The summed E-state index contributed by atoms with van der Waals surface area (Å²) in [6.07, 6.45) is -0.612. The van der Waals surface area contributed by atoms with Gasteiger partial charge in [-0.25, -0.2) is 4.79 Å². The summed E-state index contributed by atoms with van der Waals surface area (Å²) < 4.78 is 6.09. The molecule has 0 spiro atoms. The molecule has 0 aromatic heterocycles. The largest absolute Gasteiger partial charge is 0.492 e. The van der Waals surface area contributed by atoms with Crippen molar-refractivity contribution in [2.75, 3.05) is 44.6 Å². The van der Waals surface area contributed by atoms with Crippen molar-refractivity contribution in [3.05, 3.63) is 94.5 Å². The molecule has 0 atom stereocenters. The average Bonchev–Trinajstić information content (AvgIpc) is 2.93. The van der Waals surface area contributed by atoms with E-state index in [2.05, 4.69) is 34.5 Å². The van der Waals surface area contributed by atoms with Crippen LogP contribution in [-0.4, -0.2) is 66.2 Å². The number of nitrogens with one attached hydrogen (secondary N) is 1. The fourth-order valence-corrected chi connectivity index (χ4v) is 5.10. The van der Waals surface area contributed by atoms with Gasteiger partial charge in [-0.3, -0.25) is 15.0 Å². The lowest BCUT2D eigenvalue weighted by Gasteiger charge is -2.35. The van der Waals surface area contributed by atoms with Crippen LogP contribution in [0.4, 0.5) is 10.5 Å². The van der Waals surface area contributed by atoms with Crippen LogP contribution in [0, 0.1) is 20.8 Å². The van der Waals surface area contributed by atoms with Gasteiger partial charge in [-0.2, -0.15) is 0 Å². The van der Waals surface area contributed by atoms with E-state index in [1.54, 1.807) is 0 Å². The molecular weight excluding hydrogens is 478 g/mol. The highest BCUT2D eigenvalue weighted by Gasteiger charge is 2.25. The minimum absolute atomic E-state index is 0.0450. The summed E-state index contributed by atoms with van der Waals surface area (Å²) in [5, 5.41) is 11.6. The Balaban J connectivity index is 1.29. The molecule has 1 fully saturated rings. The molecule has 0 unspecified atom stereocenters. The number of ether oxygens (including phenoxy) is 1. The van der Waals surface area contributed by atoms with Crippen molar-refractivity contribution < 1.29 is 19.4 Å². The number of carboxylic acid groups (broad SMARTS) is 1. The minimum Gasteiger partial charge on any atom is -0.492 e. The average molecular weight is 516 g/mol. The van der Waals surface area contributed by atoms with Crippen LogP contribution in [-0.2, 0) is 4.79 Å². The Bertz CT molecular complexity index is 1200. The van der Waals surface area contributed by atoms with Crippen LogP contribution in [0.15, 0.2) is 66.7 Å². The molecule has 4 rings (SSSR count). The van der Waals surface area contributed by atoms with Gasteiger partial charge in [0.2, 0.25) is 5.91 Å². The minimum atomic E-state index is -1.07. The van der Waals surface area contributed by atoms with Crippen molar-refractivity contribution in [1.29, 1.82) is 0 Å². The van der Waals surface area contributed by atoms with Gasteiger partial charge in [0, 0.05) is 45.1 Å². The summed E-state index contributed by atoms with van der Waals surface area (Å²) in [5.41, 5.74) is 5.58. The summed E-state index contributed by atoms with van der Waals surface area (Å²) in [4.78, 5) is 28.7. The Kier molecular flexibility index (Phi) is 9.02. The molecule has 1 saturated heterocycles. The van der Waals surface area contributed by atoms with Gasteiger partial charge >= 0.3 is 6.09 Å². The Morgan fingerprint density at radius 1 is 0.895 bits per heavy atom. The number of carbonyl (C=O) groups is 2. The van der Waals surface area contributed by atoms with Crippen molar-refractivity contribution in [1.82, 2.24) is 9.80 Å². The highest BCUT2D eigenvalue weighted by molar-refractivity contribution is 5.86. The Morgan fingerprint density at radius 3 is 2.03 bits per heavy atom. The van der Waals surface area contributed by atoms with E-state index < -0.39 is 6.09 Å². The number of nitrogens with zero attached hydrogens (tertiary/aromatic N) is 2. The first-order chi connectivity index (χ1) is 18.3. The second-order valence-corrected chi connectivity index (χ2v) is 9.90. The predicted octanol–water partition coefficient (Wildman–Crippen LogP) is 5.45. The number of aryl methyl sites for hydroxylation is 1. The molecule has 0 aliphatic carbocycles. The van der Waals surface area contributed by atoms with Crippen LogP contribution >= 0.6 is 0 Å². The lowest BCUT2D eigenvalue weighted by atomic mass is 9.88. The summed E-state index contributed by atoms with van der Waals surface area (Å²) in [6.45, 7) is 10.1. The lowest BCUT2D eigenvalue weighted by Crippen LogP contribution is -2.49. The molecule has 0 saturated carbocycles. The van der Waals surface area contributed by atoms with Crippen molar-refractivity contribution in [3.63, 3.8) is 0 Å². The highest BCUT2D eigenvalue weighted by Crippen LogP contribution is 2.32. The topological polar surface area (TPSA) is 82.1 Å². The SMILES string of the molecule is Cc1cc(OCCN2CCN(C(=O)CC(c3ccccc3)c3ccccc3)CC2)c(C)c(C)c1NC(=O)O. The maximum absolute atomic E-state index is 13.3. The number of carbonyl (C=O) groups excluding carboxylic acids is 1. The summed E-state index contributed by atoms with van der Waals surface area (Å²) in [5.74, 6) is 1.01. The van der Waals surface area contributed by atoms with Crippen molar-refractivity contribution >= 4 is 17.7 Å². The molecule has 1 heterocycles. The van der Waals surface area contributed by atoms with Crippen molar-refractivity contribution in [2.24, 2.45) is 0 Å². The third-order valence-electron chi connectivity index (χ3n) is 7.45. The first kappa shape index (κ1) is 27.2. The van der Waals surface area contributed by atoms with Gasteiger partial charge in [-0.15, -0.1) is 0 Å². The Labute approximate surface area is 225 Å². The molecule has 200 valence electrons. The normalized spacial score (nSPS) is 13.9. The number of rotatable bonds is 9. The van der Waals surface area contributed by atoms with Crippen LogP contribution in [0.2, 0.25) is 0 Å². The van der Waals surface area contributed by atoms with E-state index in [9.17, 15) is 9.59 Å². The number of hydrogen-bond donors (Lipinski definition) is 2. The van der Waals surface area contributed by atoms with Gasteiger partial charge < -0.3 is 14.7 Å². The third kappa shape index (κ3) is 6.72. The van der Waals surface area contributed by atoms with Crippen LogP contribution in [0.5, 0.6) is 5.75 Å². The van der Waals surface area contributed by atoms with Crippen molar-refractivity contribution in [3.8, 4) is 5.75 Å². The zero-order valence-electron chi connectivity index (χ0n) is 22.4. The fourth-order valence-electron chi connectivity index (χ4n) is 5.10. The molecule has 7 heteroatoms. The molecule has 7 nitrogen and oxygen atoms in total. The first-order valence-electron chi connectivity index (χ1n) is 13.2. The molecule has 3 aromatic carbocycles. The van der Waals surface area contributed by atoms with Crippen LogP contribution in [0.3, 0.4) is 0 Å². The molecule has 0 radical (unpaired) electrons. The molecule has 2 N–H and O–H groups in total. The molecule has 1 aliphatic rings. The number of amides is 2. The number of benzene rings is 3. The van der Waals surface area contributed by atoms with E-state index in [-0.39, 0.29) is 11.8 Å². The van der Waals surface area contributed by atoms with Gasteiger partial charge in [-0.05, 0) is 54.7 Å². The smallest absolute Gasteiger partial charge is 0.409 e. The van der Waals surface area contributed by atoms with E-state index >= 15 is 0 Å². The zero-order chi connectivity index (χ0) is 27.1. The predicted molar refractivity (Wildman–Crippen MR) is 150 cm³/mol. The van der Waals surface area contributed by atoms with Crippen LogP contribution < -0.4 is 10.1 Å². The summed E-state index contributed by atoms with van der Waals surface area (Å²) in [7, 11) is 0. The van der Waals surface area contributed by atoms with Gasteiger partial charge in [0.05, 0.1) is 5.69 Å². The van der Waals surface area contributed by atoms with E-state index in [4.69, 9.17) is 9.84 Å². The maximum atomic E-state index is 13.3. The summed E-state index contributed by atoms with van der Waals surface area (Å²) >= 11 is 0. The van der Waals surface area contributed by atoms with Crippen LogP contribution in [0.1, 0.15) is 40.2 Å². The van der Waals surface area contributed by atoms with E-state index in [1.165, 1.54) is 0 Å². The quantitative estimate of drug-likeness (QED) is 0.396. The molecule has 3 aromatic rings. The maximum Gasteiger partial charge on any atom is 0.409 e.